The topological polar surface area (TPSA) is 79.5 Å². The van der Waals surface area contributed by atoms with E-state index in [1.54, 1.807) is 12.1 Å². The predicted octanol–water partition coefficient (Wildman–Crippen LogP) is 4.15. The number of hydrogen-bond acceptors (Lipinski definition) is 4. The predicted molar refractivity (Wildman–Crippen MR) is 124 cm³/mol. The van der Waals surface area contributed by atoms with Crippen LogP contribution in [0.3, 0.4) is 0 Å². The molecule has 5 rings (SSSR count). The highest BCUT2D eigenvalue weighted by atomic mass is 32.2. The number of piperidine rings is 1. The maximum atomic E-state index is 12.9. The second kappa shape index (κ2) is 7.96. The molecule has 0 spiro atoms. The van der Waals surface area contributed by atoms with Crippen LogP contribution in [0.15, 0.2) is 48.7 Å². The molecule has 0 radical (unpaired) electrons. The van der Waals surface area contributed by atoms with E-state index < -0.39 is 10.1 Å². The minimum absolute atomic E-state index is 0.0633. The summed E-state index contributed by atoms with van der Waals surface area (Å²) in [5.74, 6) is 0.231. The second-order valence-electron chi connectivity index (χ2n) is 9.08. The third-order valence-electron chi connectivity index (χ3n) is 6.86. The van der Waals surface area contributed by atoms with Crippen LogP contribution in [0.1, 0.15) is 42.4 Å². The van der Waals surface area contributed by atoms with Crippen LogP contribution in [0.25, 0.3) is 10.9 Å². The van der Waals surface area contributed by atoms with Gasteiger partial charge in [0, 0.05) is 42.0 Å². The molecule has 1 aromatic heterocycles. The number of fused-ring (bicyclic) bond motifs is 2. The molecule has 1 saturated heterocycles. The standard InChI is InChI=1S/C25H28N2O4S/c1-3-24(28)27-14-17(15-32(29,30)31-19-9-7-16(2)8-10-19)11-21-20-5-4-6-22-25(20)18(13-26-22)12-23(21)27/h4-10,13,17,21,23,26H,3,11-12,14-15H2,1-2H3/t17-,21?,23?/m1/s1. The van der Waals surface area contributed by atoms with E-state index in [1.807, 2.05) is 43.1 Å². The summed E-state index contributed by atoms with van der Waals surface area (Å²) in [7, 11) is -3.79. The van der Waals surface area contributed by atoms with Gasteiger partial charge in [0.15, 0.2) is 0 Å². The minimum Gasteiger partial charge on any atom is -0.382 e. The zero-order valence-corrected chi connectivity index (χ0v) is 19.2. The van der Waals surface area contributed by atoms with Crippen molar-refractivity contribution >= 4 is 26.9 Å². The number of H-pyrrole nitrogens is 1. The van der Waals surface area contributed by atoms with E-state index in [4.69, 9.17) is 4.18 Å². The number of aromatic nitrogens is 1. The molecule has 2 aromatic carbocycles. The first-order valence-corrected chi connectivity index (χ1v) is 12.8. The van der Waals surface area contributed by atoms with Gasteiger partial charge >= 0.3 is 10.1 Å². The summed E-state index contributed by atoms with van der Waals surface area (Å²) in [6.45, 7) is 4.25. The molecular weight excluding hydrogens is 424 g/mol. The molecule has 1 N–H and O–H groups in total. The maximum absolute atomic E-state index is 12.9. The van der Waals surface area contributed by atoms with Crippen molar-refractivity contribution in [3.63, 3.8) is 0 Å². The van der Waals surface area contributed by atoms with Gasteiger partial charge in [0.1, 0.15) is 5.75 Å². The van der Waals surface area contributed by atoms with Crippen molar-refractivity contribution in [2.24, 2.45) is 5.92 Å². The number of aryl methyl sites for hydroxylation is 1. The van der Waals surface area contributed by atoms with Gasteiger partial charge in [-0.05, 0) is 55.0 Å². The molecule has 0 bridgehead atoms. The van der Waals surface area contributed by atoms with Gasteiger partial charge in [-0.25, -0.2) is 0 Å². The van der Waals surface area contributed by atoms with E-state index in [1.165, 1.54) is 16.5 Å². The highest BCUT2D eigenvalue weighted by Crippen LogP contribution is 2.45. The van der Waals surface area contributed by atoms with Gasteiger partial charge in [-0.15, -0.1) is 0 Å². The van der Waals surface area contributed by atoms with Crippen LogP contribution in [-0.4, -0.2) is 42.5 Å². The molecule has 168 valence electrons. The highest BCUT2D eigenvalue weighted by Gasteiger charge is 2.43. The second-order valence-corrected chi connectivity index (χ2v) is 10.7. The Hall–Kier alpha value is -2.80. The summed E-state index contributed by atoms with van der Waals surface area (Å²) in [4.78, 5) is 18.2. The molecule has 3 aromatic rings. The van der Waals surface area contributed by atoms with Crippen molar-refractivity contribution in [1.82, 2.24) is 9.88 Å². The number of benzene rings is 2. The van der Waals surface area contributed by atoms with Gasteiger partial charge in [0.2, 0.25) is 5.91 Å². The Kier molecular flexibility index (Phi) is 5.24. The first-order valence-electron chi connectivity index (χ1n) is 11.2. The Balaban J connectivity index is 1.44. The number of carbonyl (C=O) groups excluding carboxylic acids is 1. The summed E-state index contributed by atoms with van der Waals surface area (Å²) < 4.78 is 31.1. The van der Waals surface area contributed by atoms with E-state index in [-0.39, 0.29) is 29.5 Å². The summed E-state index contributed by atoms with van der Waals surface area (Å²) >= 11 is 0. The summed E-state index contributed by atoms with van der Waals surface area (Å²) in [6.07, 6.45) is 3.98. The van der Waals surface area contributed by atoms with Gasteiger partial charge in [-0.2, -0.15) is 8.42 Å². The van der Waals surface area contributed by atoms with Crippen molar-refractivity contribution in [3.8, 4) is 5.75 Å². The number of amides is 1. The Morgan fingerprint density at radius 2 is 1.97 bits per heavy atom. The quantitative estimate of drug-likeness (QED) is 0.590. The minimum atomic E-state index is -3.79. The zero-order chi connectivity index (χ0) is 22.5. The Bertz CT molecular complexity index is 1260. The Morgan fingerprint density at radius 1 is 1.19 bits per heavy atom. The first-order chi connectivity index (χ1) is 15.3. The van der Waals surface area contributed by atoms with Crippen LogP contribution in [0.2, 0.25) is 0 Å². The average Bonchev–Trinajstić information content (AvgIpc) is 3.18. The number of aromatic amines is 1. The number of rotatable bonds is 5. The fourth-order valence-electron chi connectivity index (χ4n) is 5.46. The molecule has 3 atom stereocenters. The van der Waals surface area contributed by atoms with Crippen molar-refractivity contribution in [2.75, 3.05) is 12.3 Å². The normalized spacial score (nSPS) is 22.6. The molecule has 1 fully saturated rings. The van der Waals surface area contributed by atoms with Gasteiger partial charge in [-0.1, -0.05) is 36.8 Å². The SMILES string of the molecule is CCC(=O)N1C[C@H](CS(=O)(=O)Oc2ccc(C)cc2)CC2c3cccc4[nH]cc(c34)CC21. The monoisotopic (exact) mass is 452 g/mol. The van der Waals surface area contributed by atoms with Gasteiger partial charge < -0.3 is 14.1 Å². The summed E-state index contributed by atoms with van der Waals surface area (Å²) in [6, 6.07) is 13.3. The van der Waals surface area contributed by atoms with Gasteiger partial charge in [0.25, 0.3) is 0 Å². The molecule has 32 heavy (non-hydrogen) atoms. The molecule has 2 unspecified atom stereocenters. The molecule has 7 heteroatoms. The van der Waals surface area contributed by atoms with Crippen LogP contribution >= 0.6 is 0 Å². The number of nitrogens with one attached hydrogen (secondary N) is 1. The summed E-state index contributed by atoms with van der Waals surface area (Å²) in [5.41, 5.74) is 4.59. The summed E-state index contributed by atoms with van der Waals surface area (Å²) in [5, 5.41) is 1.23. The third-order valence-corrected chi connectivity index (χ3v) is 8.19. The van der Waals surface area contributed by atoms with Crippen LogP contribution < -0.4 is 4.18 Å². The van der Waals surface area contributed by atoms with Crippen LogP contribution in [0, 0.1) is 12.8 Å². The third kappa shape index (κ3) is 3.79. The van der Waals surface area contributed by atoms with Crippen LogP contribution in [0.4, 0.5) is 0 Å². The van der Waals surface area contributed by atoms with E-state index in [9.17, 15) is 13.2 Å². The van der Waals surface area contributed by atoms with E-state index in [0.717, 1.165) is 23.9 Å². The van der Waals surface area contributed by atoms with Crippen molar-refractivity contribution in [3.05, 3.63) is 65.4 Å². The molecule has 1 amide bonds. The molecule has 6 nitrogen and oxygen atoms in total. The number of nitrogens with zero attached hydrogens (tertiary/aromatic N) is 1. The molecule has 2 heterocycles. The molecule has 1 aliphatic heterocycles. The van der Waals surface area contributed by atoms with Crippen LogP contribution in [0.5, 0.6) is 5.75 Å². The lowest BCUT2D eigenvalue weighted by Gasteiger charge is -2.47. The average molecular weight is 453 g/mol. The Labute approximate surface area is 188 Å². The molecule has 1 aliphatic carbocycles. The van der Waals surface area contributed by atoms with Gasteiger partial charge in [0.05, 0.1) is 5.75 Å². The smallest absolute Gasteiger partial charge is 0.309 e. The van der Waals surface area contributed by atoms with E-state index in [0.29, 0.717) is 18.7 Å². The van der Waals surface area contributed by atoms with Crippen molar-refractivity contribution < 1.29 is 17.4 Å². The fraction of sp³-hybridized carbons (Fsp3) is 0.400. The van der Waals surface area contributed by atoms with E-state index >= 15 is 0 Å². The fourth-order valence-corrected chi connectivity index (χ4v) is 6.75. The Morgan fingerprint density at radius 3 is 2.72 bits per heavy atom. The number of likely N-dealkylation sites (tertiary alicyclic amines) is 1. The molecule has 0 saturated carbocycles. The maximum Gasteiger partial charge on any atom is 0.309 e. The lowest BCUT2D eigenvalue weighted by Crippen LogP contribution is -2.53. The largest absolute Gasteiger partial charge is 0.382 e. The van der Waals surface area contributed by atoms with Crippen molar-refractivity contribution in [2.45, 2.75) is 45.1 Å². The number of hydrogen-bond donors (Lipinski definition) is 1. The lowest BCUT2D eigenvalue weighted by molar-refractivity contribution is -0.136. The van der Waals surface area contributed by atoms with Crippen molar-refractivity contribution in [1.29, 1.82) is 0 Å². The van der Waals surface area contributed by atoms with Crippen LogP contribution in [-0.2, 0) is 21.3 Å². The van der Waals surface area contributed by atoms with Gasteiger partial charge in [-0.3, -0.25) is 4.79 Å². The molecule has 2 aliphatic rings. The lowest BCUT2D eigenvalue weighted by atomic mass is 9.72. The van der Waals surface area contributed by atoms with E-state index in [2.05, 4.69) is 17.1 Å². The highest BCUT2D eigenvalue weighted by molar-refractivity contribution is 7.87. The number of carbonyl (C=O) groups is 1. The zero-order valence-electron chi connectivity index (χ0n) is 18.4. The first kappa shape index (κ1) is 21.1. The molecular formula is C25H28N2O4S.